The van der Waals surface area contributed by atoms with Gasteiger partial charge >= 0.3 is 0 Å². The van der Waals surface area contributed by atoms with Gasteiger partial charge < -0.3 is 14.4 Å². The van der Waals surface area contributed by atoms with Gasteiger partial charge in [-0.05, 0) is 92.4 Å². The highest BCUT2D eigenvalue weighted by Gasteiger charge is 2.26. The maximum atomic E-state index is 5.55. The van der Waals surface area contributed by atoms with Gasteiger partial charge in [0.15, 0.2) is 0 Å². The molecule has 0 spiro atoms. The Kier molecular flexibility index (Phi) is 7.76. The van der Waals surface area contributed by atoms with Gasteiger partial charge in [0.25, 0.3) is 0 Å². The summed E-state index contributed by atoms with van der Waals surface area (Å²) < 4.78 is 9.15. The lowest BCUT2D eigenvalue weighted by molar-refractivity contribution is 0.349. The molecule has 3 nitrogen and oxygen atoms in total. The number of ether oxygens (including phenoxy) is 1. The quantitative estimate of drug-likeness (QED) is 0.429. The Morgan fingerprint density at radius 3 is 2.73 bits per heavy atom. The van der Waals surface area contributed by atoms with Gasteiger partial charge in [0, 0.05) is 29.5 Å². The molecule has 30 heavy (non-hydrogen) atoms. The summed E-state index contributed by atoms with van der Waals surface area (Å²) in [7, 11) is 1.72. The topological polar surface area (TPSA) is 24.5 Å². The molecule has 162 valence electrons. The summed E-state index contributed by atoms with van der Waals surface area (Å²) in [6.07, 6.45) is 6.04. The fraction of sp³-hybridized carbons (Fsp3) is 0.462. The third-order valence-corrected chi connectivity index (χ3v) is 6.98. The van der Waals surface area contributed by atoms with Crippen molar-refractivity contribution in [2.75, 3.05) is 18.4 Å². The molecule has 0 aliphatic carbocycles. The molecule has 1 aliphatic heterocycles. The van der Waals surface area contributed by atoms with Crippen LogP contribution in [0.25, 0.3) is 5.70 Å². The first-order chi connectivity index (χ1) is 14.5. The van der Waals surface area contributed by atoms with Gasteiger partial charge in [0.2, 0.25) is 0 Å². The van der Waals surface area contributed by atoms with E-state index in [0.717, 1.165) is 29.3 Å². The lowest BCUT2D eigenvalue weighted by atomic mass is 9.98. The summed E-state index contributed by atoms with van der Waals surface area (Å²) in [4.78, 5) is 3.65. The average Bonchev–Trinajstić information content (AvgIpc) is 3.21. The number of likely N-dealkylation sites (tertiary alicyclic amines) is 1. The van der Waals surface area contributed by atoms with E-state index in [9.17, 15) is 0 Å². The number of nitrogens with one attached hydrogen (secondary N) is 1. The van der Waals surface area contributed by atoms with E-state index in [1.807, 2.05) is 6.07 Å². The number of nitrogens with zero attached hydrogens (tertiary/aromatic N) is 1. The zero-order chi connectivity index (χ0) is 21.7. The van der Waals surface area contributed by atoms with Crippen LogP contribution in [0.3, 0.4) is 0 Å². The van der Waals surface area contributed by atoms with Crippen molar-refractivity contribution in [3.05, 3.63) is 59.2 Å². The van der Waals surface area contributed by atoms with Crippen LogP contribution in [0, 0.1) is 13.8 Å². The second-order valence-corrected chi connectivity index (χ2v) is 9.10. The molecule has 2 aromatic carbocycles. The largest absolute Gasteiger partial charge is 0.496 e. The van der Waals surface area contributed by atoms with Crippen LogP contribution in [0.2, 0.25) is 0 Å². The zero-order valence-corrected chi connectivity index (χ0v) is 20.0. The number of methoxy groups -OCH3 is 1. The van der Waals surface area contributed by atoms with Crippen LogP contribution >= 0.6 is 11.9 Å². The van der Waals surface area contributed by atoms with Crippen LogP contribution in [0.1, 0.15) is 61.8 Å². The predicted molar refractivity (Wildman–Crippen MR) is 131 cm³/mol. The highest BCUT2D eigenvalue weighted by Crippen LogP contribution is 2.37. The second kappa shape index (κ2) is 10.3. The second-order valence-electron chi connectivity index (χ2n) is 8.25. The van der Waals surface area contributed by atoms with E-state index in [1.165, 1.54) is 53.6 Å². The number of hydrogen-bond acceptors (Lipinski definition) is 4. The maximum Gasteiger partial charge on any atom is 0.134 e. The molecule has 1 heterocycles. The highest BCUT2D eigenvalue weighted by molar-refractivity contribution is 8.00. The molecule has 2 aromatic rings. The number of hydrogen-bond donors (Lipinski definition) is 1. The average molecular weight is 425 g/mol. The van der Waals surface area contributed by atoms with E-state index in [1.54, 1.807) is 19.1 Å². The highest BCUT2D eigenvalue weighted by atomic mass is 32.2. The first kappa shape index (κ1) is 22.6. The van der Waals surface area contributed by atoms with E-state index in [2.05, 4.69) is 68.2 Å². The minimum atomic E-state index is 0.634. The number of aryl methyl sites for hydroxylation is 2. The molecule has 1 fully saturated rings. The molecule has 1 unspecified atom stereocenters. The van der Waals surface area contributed by atoms with Gasteiger partial charge in [-0.2, -0.15) is 0 Å². The summed E-state index contributed by atoms with van der Waals surface area (Å²) in [6.45, 7) is 14.5. The third kappa shape index (κ3) is 4.97. The Hall–Kier alpha value is -2.07. The van der Waals surface area contributed by atoms with Crippen molar-refractivity contribution in [3.8, 4) is 5.75 Å². The Morgan fingerprint density at radius 2 is 2.03 bits per heavy atom. The first-order valence-electron chi connectivity index (χ1n) is 11.1. The van der Waals surface area contributed by atoms with Crippen LogP contribution < -0.4 is 9.46 Å². The fourth-order valence-corrected chi connectivity index (χ4v) is 5.27. The molecule has 0 radical (unpaired) electrons. The van der Waals surface area contributed by atoms with Gasteiger partial charge in [-0.1, -0.05) is 32.9 Å². The van der Waals surface area contributed by atoms with Crippen LogP contribution in [0.4, 0.5) is 5.69 Å². The minimum Gasteiger partial charge on any atom is -0.496 e. The molecular weight excluding hydrogens is 388 g/mol. The van der Waals surface area contributed by atoms with Crippen LogP contribution in [0.15, 0.2) is 41.8 Å². The molecule has 1 N–H and O–H groups in total. The van der Waals surface area contributed by atoms with Crippen LogP contribution in [-0.4, -0.2) is 24.6 Å². The van der Waals surface area contributed by atoms with E-state index in [0.29, 0.717) is 6.04 Å². The molecule has 4 heteroatoms. The van der Waals surface area contributed by atoms with Crippen LogP contribution in [-0.2, 0) is 6.42 Å². The Balaban J connectivity index is 1.88. The van der Waals surface area contributed by atoms with Crippen LogP contribution in [0.5, 0.6) is 5.75 Å². The monoisotopic (exact) mass is 424 g/mol. The van der Waals surface area contributed by atoms with Gasteiger partial charge in [-0.3, -0.25) is 0 Å². The van der Waals surface area contributed by atoms with Gasteiger partial charge in [0.05, 0.1) is 12.0 Å². The molecule has 0 bridgehead atoms. The predicted octanol–water partition coefficient (Wildman–Crippen LogP) is 7.23. The van der Waals surface area contributed by atoms with E-state index in [-0.39, 0.29) is 0 Å². The van der Waals surface area contributed by atoms with Crippen molar-refractivity contribution in [2.45, 2.75) is 70.7 Å². The number of rotatable bonds is 9. The summed E-state index contributed by atoms with van der Waals surface area (Å²) in [5.74, 6) is 0.895. The van der Waals surface area contributed by atoms with Crippen molar-refractivity contribution in [1.29, 1.82) is 0 Å². The van der Waals surface area contributed by atoms with Gasteiger partial charge in [-0.15, -0.1) is 0 Å². The van der Waals surface area contributed by atoms with Gasteiger partial charge in [-0.25, -0.2) is 0 Å². The zero-order valence-electron chi connectivity index (χ0n) is 19.2. The molecule has 0 amide bonds. The molecule has 1 atom stereocenters. The van der Waals surface area contributed by atoms with E-state index >= 15 is 0 Å². The van der Waals surface area contributed by atoms with Crippen molar-refractivity contribution >= 4 is 23.3 Å². The Bertz CT molecular complexity index is 893. The summed E-state index contributed by atoms with van der Waals surface area (Å²) in [5.41, 5.74) is 7.44. The first-order valence-corrected chi connectivity index (χ1v) is 12.0. The normalized spacial score (nSPS) is 16.0. The number of benzene rings is 2. The smallest absolute Gasteiger partial charge is 0.134 e. The van der Waals surface area contributed by atoms with Crippen molar-refractivity contribution < 1.29 is 4.74 Å². The summed E-state index contributed by atoms with van der Waals surface area (Å²) >= 11 is 1.62. The SMILES string of the molecule is C=C(c1cc(CC)cc(NSc2cc(C)ccc2OC)c1C)N1CCCC1CCC. The Morgan fingerprint density at radius 1 is 1.23 bits per heavy atom. The molecule has 0 aromatic heterocycles. The minimum absolute atomic E-state index is 0.634. The Labute approximate surface area is 187 Å². The van der Waals surface area contributed by atoms with Gasteiger partial charge in [0.1, 0.15) is 5.75 Å². The van der Waals surface area contributed by atoms with E-state index in [4.69, 9.17) is 4.74 Å². The van der Waals surface area contributed by atoms with Crippen molar-refractivity contribution in [3.63, 3.8) is 0 Å². The number of anilines is 1. The summed E-state index contributed by atoms with van der Waals surface area (Å²) in [6, 6.07) is 11.5. The lowest BCUT2D eigenvalue weighted by Crippen LogP contribution is -2.27. The standard InChI is InChI=1S/C26H36N2OS/c1-7-10-22-11-9-14-28(22)20(5)23-16-21(8-2)17-24(19(23)4)27-30-26-15-18(3)12-13-25(26)29-6/h12-13,15-17,22,27H,5,7-11,14H2,1-4,6H3. The molecule has 3 rings (SSSR count). The maximum absolute atomic E-state index is 5.55. The fourth-order valence-electron chi connectivity index (χ4n) is 4.34. The van der Waals surface area contributed by atoms with E-state index < -0.39 is 0 Å². The van der Waals surface area contributed by atoms with Crippen molar-refractivity contribution in [2.24, 2.45) is 0 Å². The summed E-state index contributed by atoms with van der Waals surface area (Å²) in [5, 5.41) is 0. The molecule has 1 aliphatic rings. The molecular formula is C26H36N2OS. The molecule has 0 saturated carbocycles. The third-order valence-electron chi connectivity index (χ3n) is 6.12. The lowest BCUT2D eigenvalue weighted by Gasteiger charge is -2.30. The van der Waals surface area contributed by atoms with Crippen molar-refractivity contribution in [1.82, 2.24) is 4.90 Å². The molecule has 1 saturated heterocycles.